The molecule has 1 aliphatic carbocycles. The lowest BCUT2D eigenvalue weighted by molar-refractivity contribution is 0.248. The molecule has 0 spiro atoms. The molecule has 1 aliphatic rings. The van der Waals surface area contributed by atoms with Gasteiger partial charge < -0.3 is 16.0 Å². The lowest BCUT2D eigenvalue weighted by Crippen LogP contribution is -2.42. The molecule has 0 aromatic carbocycles. The van der Waals surface area contributed by atoms with E-state index < -0.39 is 0 Å². The summed E-state index contributed by atoms with van der Waals surface area (Å²) in [6, 6.07) is 0.541. The summed E-state index contributed by atoms with van der Waals surface area (Å²) in [6.07, 6.45) is 6.47. The van der Waals surface area contributed by atoms with Crippen LogP contribution in [0.25, 0.3) is 0 Å². The van der Waals surface area contributed by atoms with Crippen molar-refractivity contribution in [3.63, 3.8) is 0 Å². The van der Waals surface area contributed by atoms with Crippen LogP contribution in [0, 0.1) is 5.41 Å². The first-order chi connectivity index (χ1) is 8.39. The third-order valence-electron chi connectivity index (χ3n) is 3.38. The molecule has 5 heteroatoms. The lowest BCUT2D eigenvalue weighted by Gasteiger charge is -2.27. The summed E-state index contributed by atoms with van der Waals surface area (Å²) in [7, 11) is 4.18. The molecule has 0 atom stereocenters. The minimum absolute atomic E-state index is 0. The Balaban J connectivity index is 0.00000324. The number of guanidine groups is 1. The van der Waals surface area contributed by atoms with Crippen LogP contribution in [0.5, 0.6) is 0 Å². The largest absolute Gasteiger partial charge is 0.370 e. The smallest absolute Gasteiger partial charge is 0.188 e. The van der Waals surface area contributed by atoms with Gasteiger partial charge in [-0.2, -0.15) is 0 Å². The highest BCUT2D eigenvalue weighted by molar-refractivity contribution is 14.0. The van der Waals surface area contributed by atoms with Crippen LogP contribution in [0.1, 0.15) is 46.0 Å². The number of hydrogen-bond donors (Lipinski definition) is 2. The minimum Gasteiger partial charge on any atom is -0.370 e. The molecular formula is C14H31IN4. The van der Waals surface area contributed by atoms with Gasteiger partial charge in [-0.25, -0.2) is 0 Å². The van der Waals surface area contributed by atoms with E-state index in [1.165, 1.54) is 32.1 Å². The molecule has 3 N–H and O–H groups in total. The molecule has 4 nitrogen and oxygen atoms in total. The molecule has 0 aliphatic heterocycles. The Bertz CT molecular complexity index is 271. The standard InChI is InChI=1S/C14H30N4.HI/c1-14(2,11-18(3)4)10-16-13(15)17-12-8-6-5-7-9-12;/h12H,5-11H2,1-4H3,(H3,15,16,17);1H. The normalized spacial score (nSPS) is 18.3. The van der Waals surface area contributed by atoms with Crippen molar-refractivity contribution in [2.75, 3.05) is 27.2 Å². The van der Waals surface area contributed by atoms with Crippen LogP contribution in [0.3, 0.4) is 0 Å². The lowest BCUT2D eigenvalue weighted by atomic mass is 9.93. The van der Waals surface area contributed by atoms with Gasteiger partial charge in [0.25, 0.3) is 0 Å². The Kier molecular flexibility index (Phi) is 8.98. The van der Waals surface area contributed by atoms with Crippen molar-refractivity contribution in [1.29, 1.82) is 0 Å². The number of nitrogens with zero attached hydrogens (tertiary/aromatic N) is 2. The van der Waals surface area contributed by atoms with E-state index in [4.69, 9.17) is 5.73 Å². The Morgan fingerprint density at radius 1 is 1.26 bits per heavy atom. The molecule has 0 unspecified atom stereocenters. The fourth-order valence-corrected chi connectivity index (χ4v) is 2.71. The van der Waals surface area contributed by atoms with Gasteiger partial charge in [-0.1, -0.05) is 33.1 Å². The van der Waals surface area contributed by atoms with E-state index in [1.807, 2.05) is 0 Å². The van der Waals surface area contributed by atoms with Crippen LogP contribution in [0.4, 0.5) is 0 Å². The summed E-state index contributed by atoms with van der Waals surface area (Å²) in [5.41, 5.74) is 6.14. The summed E-state index contributed by atoms with van der Waals surface area (Å²) in [5, 5.41) is 3.36. The van der Waals surface area contributed by atoms with Crippen molar-refractivity contribution in [3.8, 4) is 0 Å². The quantitative estimate of drug-likeness (QED) is 0.436. The molecule has 114 valence electrons. The number of nitrogens with two attached hydrogens (primary N) is 1. The van der Waals surface area contributed by atoms with Crippen LogP contribution < -0.4 is 11.1 Å². The summed E-state index contributed by atoms with van der Waals surface area (Å²) in [6.45, 7) is 6.25. The predicted molar refractivity (Wildman–Crippen MR) is 94.2 cm³/mol. The maximum absolute atomic E-state index is 5.97. The van der Waals surface area contributed by atoms with E-state index in [0.29, 0.717) is 12.0 Å². The molecule has 1 fully saturated rings. The van der Waals surface area contributed by atoms with Crippen LogP contribution in [0.15, 0.2) is 4.99 Å². The average molecular weight is 382 g/mol. The monoisotopic (exact) mass is 382 g/mol. The van der Waals surface area contributed by atoms with E-state index in [0.717, 1.165) is 13.1 Å². The van der Waals surface area contributed by atoms with Gasteiger partial charge in [-0.15, -0.1) is 24.0 Å². The zero-order valence-corrected chi connectivity index (χ0v) is 15.2. The van der Waals surface area contributed by atoms with Gasteiger partial charge in [0.1, 0.15) is 0 Å². The van der Waals surface area contributed by atoms with Crippen molar-refractivity contribution in [2.45, 2.75) is 52.0 Å². The molecule has 0 aromatic heterocycles. The Morgan fingerprint density at radius 2 is 1.84 bits per heavy atom. The maximum Gasteiger partial charge on any atom is 0.188 e. The number of aliphatic imine (C=N–C) groups is 1. The summed E-state index contributed by atoms with van der Waals surface area (Å²) in [4.78, 5) is 6.69. The van der Waals surface area contributed by atoms with Crippen molar-refractivity contribution in [2.24, 2.45) is 16.1 Å². The highest BCUT2D eigenvalue weighted by Crippen LogP contribution is 2.18. The van der Waals surface area contributed by atoms with Gasteiger partial charge in [0, 0.05) is 19.1 Å². The van der Waals surface area contributed by atoms with Gasteiger partial charge in [0.2, 0.25) is 0 Å². The minimum atomic E-state index is 0. The van der Waals surface area contributed by atoms with Crippen LogP contribution in [0.2, 0.25) is 0 Å². The van der Waals surface area contributed by atoms with Crippen LogP contribution >= 0.6 is 24.0 Å². The maximum atomic E-state index is 5.97. The molecule has 0 saturated heterocycles. The third-order valence-corrected chi connectivity index (χ3v) is 3.38. The van der Waals surface area contributed by atoms with Crippen LogP contribution in [-0.4, -0.2) is 44.1 Å². The molecule has 0 radical (unpaired) electrons. The van der Waals surface area contributed by atoms with Crippen molar-refractivity contribution in [3.05, 3.63) is 0 Å². The Hall–Kier alpha value is -0.0400. The third kappa shape index (κ3) is 8.68. The van der Waals surface area contributed by atoms with Crippen LogP contribution in [-0.2, 0) is 0 Å². The van der Waals surface area contributed by atoms with Gasteiger partial charge >= 0.3 is 0 Å². The predicted octanol–water partition coefficient (Wildman–Crippen LogP) is 2.43. The fourth-order valence-electron chi connectivity index (χ4n) is 2.71. The van der Waals surface area contributed by atoms with Gasteiger partial charge in [0.05, 0.1) is 0 Å². The van der Waals surface area contributed by atoms with Crippen molar-refractivity contribution < 1.29 is 0 Å². The van der Waals surface area contributed by atoms with Gasteiger partial charge in [0.15, 0.2) is 5.96 Å². The second-order valence-electron chi connectivity index (χ2n) is 6.58. The van der Waals surface area contributed by atoms with E-state index in [-0.39, 0.29) is 29.4 Å². The zero-order chi connectivity index (χ0) is 13.6. The average Bonchev–Trinajstić information content (AvgIpc) is 2.26. The summed E-state index contributed by atoms with van der Waals surface area (Å²) < 4.78 is 0. The number of halogens is 1. The molecule has 0 heterocycles. The highest BCUT2D eigenvalue weighted by Gasteiger charge is 2.19. The number of hydrogen-bond acceptors (Lipinski definition) is 2. The van der Waals surface area contributed by atoms with E-state index in [1.54, 1.807) is 0 Å². The Labute approximate surface area is 135 Å². The van der Waals surface area contributed by atoms with E-state index in [2.05, 4.69) is 43.2 Å². The zero-order valence-electron chi connectivity index (χ0n) is 12.9. The summed E-state index contributed by atoms with van der Waals surface area (Å²) in [5.74, 6) is 0.619. The molecule has 19 heavy (non-hydrogen) atoms. The second kappa shape index (κ2) is 9.00. The number of nitrogens with one attached hydrogen (secondary N) is 1. The molecule has 0 bridgehead atoms. The molecular weight excluding hydrogens is 351 g/mol. The first kappa shape index (κ1) is 19.0. The van der Waals surface area contributed by atoms with Gasteiger partial charge in [-0.3, -0.25) is 4.99 Å². The Morgan fingerprint density at radius 3 is 2.37 bits per heavy atom. The summed E-state index contributed by atoms with van der Waals surface area (Å²) >= 11 is 0. The topological polar surface area (TPSA) is 53.6 Å². The van der Waals surface area contributed by atoms with E-state index in [9.17, 15) is 0 Å². The fraction of sp³-hybridized carbons (Fsp3) is 0.929. The first-order valence-electron chi connectivity index (χ1n) is 7.10. The highest BCUT2D eigenvalue weighted by atomic mass is 127. The number of rotatable bonds is 5. The molecule has 0 amide bonds. The van der Waals surface area contributed by atoms with Gasteiger partial charge in [-0.05, 0) is 32.4 Å². The second-order valence-corrected chi connectivity index (χ2v) is 6.58. The molecule has 1 saturated carbocycles. The SMILES string of the molecule is CN(C)CC(C)(C)CN=C(N)NC1CCCCC1.I. The van der Waals surface area contributed by atoms with E-state index >= 15 is 0 Å². The molecule has 0 aromatic rings. The first-order valence-corrected chi connectivity index (χ1v) is 7.10. The van der Waals surface area contributed by atoms with Crippen molar-refractivity contribution in [1.82, 2.24) is 10.2 Å². The van der Waals surface area contributed by atoms with Crippen molar-refractivity contribution >= 4 is 29.9 Å². The molecule has 1 rings (SSSR count).